The molecule has 4 nitrogen and oxygen atoms in total. The van der Waals surface area contributed by atoms with Gasteiger partial charge in [0.2, 0.25) is 0 Å². The van der Waals surface area contributed by atoms with Crippen molar-refractivity contribution in [3.63, 3.8) is 0 Å². The lowest BCUT2D eigenvalue weighted by molar-refractivity contribution is -0.104. The number of ether oxygens (including phenoxy) is 1. The van der Waals surface area contributed by atoms with Gasteiger partial charge in [0.1, 0.15) is 5.75 Å². The lowest BCUT2D eigenvalue weighted by Crippen LogP contribution is -2.66. The van der Waals surface area contributed by atoms with Gasteiger partial charge in [0.05, 0.1) is 18.2 Å². The molecule has 0 spiro atoms. The van der Waals surface area contributed by atoms with Gasteiger partial charge in [0.15, 0.2) is 0 Å². The van der Waals surface area contributed by atoms with Gasteiger partial charge in [0, 0.05) is 46.9 Å². The van der Waals surface area contributed by atoms with Crippen LogP contribution in [0.15, 0.2) is 53.0 Å². The van der Waals surface area contributed by atoms with E-state index in [1.807, 2.05) is 6.07 Å². The molecule has 2 aliphatic carbocycles. The van der Waals surface area contributed by atoms with E-state index in [9.17, 15) is 5.11 Å². The molecule has 0 bridgehead atoms. The summed E-state index contributed by atoms with van der Waals surface area (Å²) in [6.07, 6.45) is 5.00. The number of halogens is 1. The van der Waals surface area contributed by atoms with E-state index < -0.39 is 5.60 Å². The van der Waals surface area contributed by atoms with Crippen LogP contribution in [0.3, 0.4) is 0 Å². The van der Waals surface area contributed by atoms with Gasteiger partial charge >= 0.3 is 0 Å². The topological polar surface area (TPSA) is 45.6 Å². The predicted octanol–water partition coefficient (Wildman–Crippen LogP) is 4.89. The maximum atomic E-state index is 12.4. The number of likely N-dealkylation sites (tertiary alicyclic amines) is 1. The third kappa shape index (κ3) is 3.37. The van der Waals surface area contributed by atoms with Gasteiger partial charge in [0.25, 0.3) is 0 Å². The van der Waals surface area contributed by atoms with Crippen LogP contribution in [-0.2, 0) is 18.3 Å². The van der Waals surface area contributed by atoms with E-state index in [0.29, 0.717) is 6.42 Å². The summed E-state index contributed by atoms with van der Waals surface area (Å²) in [5, 5.41) is 13.5. The van der Waals surface area contributed by atoms with Crippen molar-refractivity contribution in [2.75, 3.05) is 26.7 Å². The standard InChI is InChI=1S/C27H29BrN2O2/c1-32-23-4-2-3-21(12-23)26-9-10-30(16-18-5-6-18)17-27(26,31)14-20-11-19-7-8-22(28)13-24(19)29-25(20)15-26/h2-4,7-8,11-13,18,31H,5-6,9-10,14-17H2,1H3/t26-,27-/m0/s1. The van der Waals surface area contributed by atoms with Crippen molar-refractivity contribution >= 4 is 26.8 Å². The molecule has 3 aromatic rings. The van der Waals surface area contributed by atoms with Crippen molar-refractivity contribution in [1.29, 1.82) is 0 Å². The number of methoxy groups -OCH3 is 1. The maximum absolute atomic E-state index is 12.4. The first-order valence-electron chi connectivity index (χ1n) is 11.7. The third-order valence-corrected chi connectivity index (χ3v) is 8.46. The number of pyridine rings is 1. The zero-order valence-corrected chi connectivity index (χ0v) is 20.1. The second-order valence-electron chi connectivity index (χ2n) is 10.1. The van der Waals surface area contributed by atoms with E-state index in [1.165, 1.54) is 24.0 Å². The van der Waals surface area contributed by atoms with Crippen LogP contribution in [0.5, 0.6) is 5.75 Å². The third-order valence-electron chi connectivity index (χ3n) is 7.97. The maximum Gasteiger partial charge on any atom is 0.119 e. The summed E-state index contributed by atoms with van der Waals surface area (Å²) in [5.41, 5.74) is 3.31. The number of hydrogen-bond acceptors (Lipinski definition) is 4. The second kappa shape index (κ2) is 7.54. The lowest BCUT2D eigenvalue weighted by atomic mass is 9.56. The quantitative estimate of drug-likeness (QED) is 0.563. The van der Waals surface area contributed by atoms with Crippen LogP contribution in [0.25, 0.3) is 10.9 Å². The number of aliphatic hydroxyl groups is 1. The number of hydrogen-bond donors (Lipinski definition) is 1. The van der Waals surface area contributed by atoms with E-state index in [1.54, 1.807) is 7.11 Å². The van der Waals surface area contributed by atoms with Crippen molar-refractivity contribution in [2.24, 2.45) is 5.92 Å². The molecule has 1 N–H and O–H groups in total. The highest BCUT2D eigenvalue weighted by Gasteiger charge is 2.57. The summed E-state index contributed by atoms with van der Waals surface area (Å²) in [5.74, 6) is 1.67. The van der Waals surface area contributed by atoms with Gasteiger partial charge in [-0.25, -0.2) is 0 Å². The van der Waals surface area contributed by atoms with Crippen LogP contribution in [0.4, 0.5) is 0 Å². The minimum atomic E-state index is -0.829. The van der Waals surface area contributed by atoms with Crippen LogP contribution in [0.1, 0.15) is 36.1 Å². The molecule has 6 rings (SSSR count). The van der Waals surface area contributed by atoms with Crippen molar-refractivity contribution in [1.82, 2.24) is 9.88 Å². The number of aromatic nitrogens is 1. The Morgan fingerprint density at radius 3 is 2.84 bits per heavy atom. The fraction of sp³-hybridized carbons (Fsp3) is 0.444. The number of piperidine rings is 1. The first-order valence-corrected chi connectivity index (χ1v) is 12.4. The molecule has 5 heteroatoms. The molecule has 32 heavy (non-hydrogen) atoms. The summed E-state index contributed by atoms with van der Waals surface area (Å²) in [6.45, 7) is 2.86. The molecule has 0 radical (unpaired) electrons. The molecule has 3 aliphatic rings. The summed E-state index contributed by atoms with van der Waals surface area (Å²) in [6, 6.07) is 16.9. The Kier molecular flexibility index (Phi) is 4.87. The number of β-amino-alcohol motifs (C(OH)–C–C–N with tert-alkyl or cyclic N) is 1. The summed E-state index contributed by atoms with van der Waals surface area (Å²) < 4.78 is 6.61. The summed E-state index contributed by atoms with van der Waals surface area (Å²) in [7, 11) is 1.71. The Balaban J connectivity index is 1.48. The van der Waals surface area contributed by atoms with Gasteiger partial charge in [-0.05, 0) is 73.2 Å². The zero-order valence-electron chi connectivity index (χ0n) is 18.5. The highest BCUT2D eigenvalue weighted by atomic mass is 79.9. The first kappa shape index (κ1) is 20.6. The summed E-state index contributed by atoms with van der Waals surface area (Å²) >= 11 is 3.59. The largest absolute Gasteiger partial charge is 0.497 e. The summed E-state index contributed by atoms with van der Waals surface area (Å²) in [4.78, 5) is 7.61. The minimum Gasteiger partial charge on any atom is -0.497 e. The molecule has 0 amide bonds. The smallest absolute Gasteiger partial charge is 0.119 e. The van der Waals surface area contributed by atoms with Crippen molar-refractivity contribution in [3.05, 3.63) is 69.8 Å². The van der Waals surface area contributed by atoms with Crippen LogP contribution < -0.4 is 4.74 Å². The number of benzene rings is 2. The zero-order chi connectivity index (χ0) is 21.9. The first-order chi connectivity index (χ1) is 15.5. The van der Waals surface area contributed by atoms with Gasteiger partial charge in [-0.15, -0.1) is 0 Å². The molecular weight excluding hydrogens is 464 g/mol. The normalized spacial score (nSPS) is 27.7. The molecule has 1 saturated heterocycles. The molecule has 1 saturated carbocycles. The number of rotatable bonds is 4. The van der Waals surface area contributed by atoms with Crippen molar-refractivity contribution < 1.29 is 9.84 Å². The monoisotopic (exact) mass is 492 g/mol. The molecule has 1 aliphatic heterocycles. The average molecular weight is 493 g/mol. The number of nitrogens with zero attached hydrogens (tertiary/aromatic N) is 2. The number of fused-ring (bicyclic) bond motifs is 3. The van der Waals surface area contributed by atoms with Gasteiger partial charge in [-0.2, -0.15) is 0 Å². The molecule has 2 aromatic carbocycles. The predicted molar refractivity (Wildman–Crippen MR) is 130 cm³/mol. The van der Waals surface area contributed by atoms with E-state index in [4.69, 9.17) is 9.72 Å². The Labute approximate surface area is 197 Å². The Hall–Kier alpha value is -1.95. The molecule has 2 heterocycles. The van der Waals surface area contributed by atoms with Crippen LogP contribution in [0.2, 0.25) is 0 Å². The van der Waals surface area contributed by atoms with Crippen LogP contribution in [-0.4, -0.2) is 47.3 Å². The molecule has 0 unspecified atom stereocenters. The fourth-order valence-corrected chi connectivity index (χ4v) is 6.40. The Morgan fingerprint density at radius 2 is 2.03 bits per heavy atom. The van der Waals surface area contributed by atoms with E-state index in [2.05, 4.69) is 63.3 Å². The van der Waals surface area contributed by atoms with E-state index in [0.717, 1.165) is 65.2 Å². The lowest BCUT2D eigenvalue weighted by Gasteiger charge is -2.56. The Morgan fingerprint density at radius 1 is 1.16 bits per heavy atom. The van der Waals surface area contributed by atoms with Gasteiger partial charge in [-0.3, -0.25) is 4.98 Å². The highest BCUT2D eigenvalue weighted by Crippen LogP contribution is 2.51. The SMILES string of the molecule is COc1cccc([C@@]23CCN(CC4CC4)C[C@@]2(O)Cc2cc4ccc(Br)cc4nc2C3)c1. The average Bonchev–Trinajstić information content (AvgIpc) is 3.60. The molecule has 2 atom stereocenters. The highest BCUT2D eigenvalue weighted by molar-refractivity contribution is 9.10. The van der Waals surface area contributed by atoms with E-state index in [-0.39, 0.29) is 5.41 Å². The molecular formula is C27H29BrN2O2. The molecule has 166 valence electrons. The van der Waals surface area contributed by atoms with E-state index >= 15 is 0 Å². The molecule has 2 fully saturated rings. The van der Waals surface area contributed by atoms with Gasteiger partial charge < -0.3 is 14.7 Å². The Bertz CT molecular complexity index is 1190. The minimum absolute atomic E-state index is 0.360. The van der Waals surface area contributed by atoms with Crippen LogP contribution >= 0.6 is 15.9 Å². The fourth-order valence-electron chi connectivity index (χ4n) is 6.05. The molecule has 1 aromatic heterocycles. The van der Waals surface area contributed by atoms with Crippen molar-refractivity contribution in [3.8, 4) is 5.75 Å². The van der Waals surface area contributed by atoms with Gasteiger partial charge in [-0.1, -0.05) is 34.1 Å². The second-order valence-corrected chi connectivity index (χ2v) is 11.0. The van der Waals surface area contributed by atoms with Crippen LogP contribution in [0, 0.1) is 5.92 Å². The van der Waals surface area contributed by atoms with Crippen molar-refractivity contribution in [2.45, 2.75) is 43.1 Å².